The van der Waals surface area contributed by atoms with Crippen molar-refractivity contribution in [1.29, 1.82) is 0 Å². The number of pyridine rings is 1. The van der Waals surface area contributed by atoms with Crippen LogP contribution in [-0.4, -0.2) is 43.8 Å². The fourth-order valence-electron chi connectivity index (χ4n) is 3.28. The standard InChI is InChI=1S/C17H18N4O2S/c22-17(23)15-4-7-21(19-15)13-2-1-6-20(10-13)11-14-8-12-3-5-18-9-16(12)24-14/h3-5,7-9,13H,1-2,6,10-11H2,(H,22,23). The Kier molecular flexibility index (Phi) is 4.03. The summed E-state index contributed by atoms with van der Waals surface area (Å²) in [5.41, 5.74) is 0.115. The maximum Gasteiger partial charge on any atom is 0.356 e. The van der Waals surface area contributed by atoms with Gasteiger partial charge in [-0.15, -0.1) is 11.3 Å². The average Bonchev–Trinajstić information content (AvgIpc) is 3.21. The Bertz CT molecular complexity index is 839. The molecule has 0 amide bonds. The smallest absolute Gasteiger partial charge is 0.356 e. The third-order valence-corrected chi connectivity index (χ3v) is 5.51. The summed E-state index contributed by atoms with van der Waals surface area (Å²) in [5, 5.41) is 14.5. The average molecular weight is 342 g/mol. The predicted octanol–water partition coefficient (Wildman–Crippen LogP) is 3.03. The molecule has 3 aromatic rings. The molecule has 1 aliphatic rings. The van der Waals surface area contributed by atoms with Gasteiger partial charge in [0.05, 0.1) is 10.7 Å². The molecule has 4 heterocycles. The van der Waals surface area contributed by atoms with Gasteiger partial charge < -0.3 is 5.11 Å². The monoisotopic (exact) mass is 342 g/mol. The van der Waals surface area contributed by atoms with Crippen LogP contribution in [0.3, 0.4) is 0 Å². The van der Waals surface area contributed by atoms with Gasteiger partial charge in [0.15, 0.2) is 5.69 Å². The summed E-state index contributed by atoms with van der Waals surface area (Å²) < 4.78 is 3.03. The molecule has 6 nitrogen and oxygen atoms in total. The number of piperidine rings is 1. The van der Waals surface area contributed by atoms with Crippen molar-refractivity contribution in [2.75, 3.05) is 13.1 Å². The molecule has 0 saturated carbocycles. The molecule has 7 heteroatoms. The van der Waals surface area contributed by atoms with Gasteiger partial charge in [0, 0.05) is 36.6 Å². The summed E-state index contributed by atoms with van der Waals surface area (Å²) in [6.07, 6.45) is 7.66. The van der Waals surface area contributed by atoms with Crippen LogP contribution in [0.1, 0.15) is 34.2 Å². The molecule has 1 aliphatic heterocycles. The van der Waals surface area contributed by atoms with Crippen LogP contribution < -0.4 is 0 Å². The first-order valence-corrected chi connectivity index (χ1v) is 8.84. The molecule has 1 fully saturated rings. The van der Waals surface area contributed by atoms with Gasteiger partial charge in [-0.1, -0.05) is 0 Å². The third-order valence-electron chi connectivity index (χ3n) is 4.44. The first kappa shape index (κ1) is 15.3. The van der Waals surface area contributed by atoms with Crippen molar-refractivity contribution in [2.24, 2.45) is 0 Å². The molecule has 0 spiro atoms. The molecular weight excluding hydrogens is 324 g/mol. The molecule has 4 rings (SSSR count). The molecule has 1 N–H and O–H groups in total. The van der Waals surface area contributed by atoms with Crippen molar-refractivity contribution in [3.05, 3.63) is 47.4 Å². The highest BCUT2D eigenvalue weighted by Gasteiger charge is 2.23. The van der Waals surface area contributed by atoms with E-state index in [0.717, 1.165) is 32.5 Å². The number of carboxylic acid groups (broad SMARTS) is 1. The number of aromatic carboxylic acids is 1. The van der Waals surface area contributed by atoms with Crippen LogP contribution in [0.5, 0.6) is 0 Å². The van der Waals surface area contributed by atoms with Crippen molar-refractivity contribution < 1.29 is 9.90 Å². The lowest BCUT2D eigenvalue weighted by Crippen LogP contribution is -2.36. The van der Waals surface area contributed by atoms with Gasteiger partial charge in [-0.05, 0) is 43.0 Å². The molecule has 1 atom stereocenters. The van der Waals surface area contributed by atoms with Crippen LogP contribution in [0.2, 0.25) is 0 Å². The largest absolute Gasteiger partial charge is 0.476 e. The molecule has 1 saturated heterocycles. The number of nitrogens with zero attached hydrogens (tertiary/aromatic N) is 4. The Labute approximate surface area is 143 Å². The number of rotatable bonds is 4. The number of fused-ring (bicyclic) bond motifs is 1. The fourth-order valence-corrected chi connectivity index (χ4v) is 4.36. The zero-order valence-corrected chi connectivity index (χ0v) is 13.9. The second-order valence-corrected chi connectivity index (χ2v) is 7.31. The van der Waals surface area contributed by atoms with E-state index in [0.29, 0.717) is 0 Å². The topological polar surface area (TPSA) is 71.2 Å². The zero-order chi connectivity index (χ0) is 16.5. The second-order valence-electron chi connectivity index (χ2n) is 6.14. The molecule has 0 bridgehead atoms. The molecule has 24 heavy (non-hydrogen) atoms. The Balaban J connectivity index is 1.47. The van der Waals surface area contributed by atoms with Crippen LogP contribution in [-0.2, 0) is 6.54 Å². The van der Waals surface area contributed by atoms with Crippen molar-refractivity contribution in [3.8, 4) is 0 Å². The summed E-state index contributed by atoms with van der Waals surface area (Å²) in [5.74, 6) is -0.972. The normalized spacial score (nSPS) is 18.9. The van der Waals surface area contributed by atoms with E-state index in [-0.39, 0.29) is 11.7 Å². The highest BCUT2D eigenvalue weighted by Crippen LogP contribution is 2.28. The first-order chi connectivity index (χ1) is 11.7. The number of carbonyl (C=O) groups is 1. The highest BCUT2D eigenvalue weighted by atomic mass is 32.1. The lowest BCUT2D eigenvalue weighted by atomic mass is 10.1. The predicted molar refractivity (Wildman–Crippen MR) is 92.4 cm³/mol. The van der Waals surface area contributed by atoms with Crippen molar-refractivity contribution in [1.82, 2.24) is 19.7 Å². The van der Waals surface area contributed by atoms with Crippen LogP contribution in [0.25, 0.3) is 10.1 Å². The van der Waals surface area contributed by atoms with Gasteiger partial charge in [0.2, 0.25) is 0 Å². The molecule has 3 aromatic heterocycles. The minimum Gasteiger partial charge on any atom is -0.476 e. The van der Waals surface area contributed by atoms with E-state index in [1.54, 1.807) is 23.6 Å². The van der Waals surface area contributed by atoms with E-state index < -0.39 is 5.97 Å². The van der Waals surface area contributed by atoms with Gasteiger partial charge >= 0.3 is 5.97 Å². The Hall–Kier alpha value is -2.25. The molecule has 0 aliphatic carbocycles. The summed E-state index contributed by atoms with van der Waals surface area (Å²) >= 11 is 1.79. The van der Waals surface area contributed by atoms with E-state index in [2.05, 4.69) is 21.0 Å². The van der Waals surface area contributed by atoms with E-state index in [4.69, 9.17) is 5.11 Å². The van der Waals surface area contributed by atoms with E-state index in [1.807, 2.05) is 23.1 Å². The SMILES string of the molecule is O=C(O)c1ccn(C2CCCN(Cc3cc4ccncc4s3)C2)n1. The molecular formula is C17H18N4O2S. The van der Waals surface area contributed by atoms with Crippen LogP contribution >= 0.6 is 11.3 Å². The third kappa shape index (κ3) is 3.05. The minimum absolute atomic E-state index is 0.115. The number of likely N-dealkylation sites (tertiary alicyclic amines) is 1. The Morgan fingerprint density at radius 1 is 1.42 bits per heavy atom. The Morgan fingerprint density at radius 2 is 2.33 bits per heavy atom. The number of aromatic nitrogens is 3. The lowest BCUT2D eigenvalue weighted by Gasteiger charge is -2.32. The van der Waals surface area contributed by atoms with Crippen molar-refractivity contribution in [2.45, 2.75) is 25.4 Å². The molecule has 1 unspecified atom stereocenters. The van der Waals surface area contributed by atoms with Gasteiger partial charge in [-0.2, -0.15) is 5.10 Å². The number of thiophene rings is 1. The highest BCUT2D eigenvalue weighted by molar-refractivity contribution is 7.19. The summed E-state index contributed by atoms with van der Waals surface area (Å²) in [6.45, 7) is 2.88. The second kappa shape index (κ2) is 6.33. The van der Waals surface area contributed by atoms with Crippen molar-refractivity contribution in [3.63, 3.8) is 0 Å². The van der Waals surface area contributed by atoms with Crippen LogP contribution in [0.4, 0.5) is 0 Å². The minimum atomic E-state index is -0.972. The van der Waals surface area contributed by atoms with Gasteiger partial charge in [-0.25, -0.2) is 4.79 Å². The first-order valence-electron chi connectivity index (χ1n) is 8.02. The zero-order valence-electron chi connectivity index (χ0n) is 13.1. The number of hydrogen-bond donors (Lipinski definition) is 1. The van der Waals surface area contributed by atoms with Gasteiger partial charge in [0.25, 0.3) is 0 Å². The summed E-state index contributed by atoms with van der Waals surface area (Å²) in [6, 6.07) is 6.09. The summed E-state index contributed by atoms with van der Waals surface area (Å²) in [4.78, 5) is 18.9. The number of carboxylic acids is 1. The maximum absolute atomic E-state index is 11.0. The van der Waals surface area contributed by atoms with Crippen molar-refractivity contribution >= 4 is 27.4 Å². The Morgan fingerprint density at radius 3 is 3.12 bits per heavy atom. The molecule has 0 radical (unpaired) electrons. The van der Waals surface area contributed by atoms with Crippen LogP contribution in [0.15, 0.2) is 36.8 Å². The van der Waals surface area contributed by atoms with E-state index >= 15 is 0 Å². The van der Waals surface area contributed by atoms with E-state index in [1.165, 1.54) is 15.0 Å². The van der Waals surface area contributed by atoms with Crippen LogP contribution in [0, 0.1) is 0 Å². The fraction of sp³-hybridized carbons (Fsp3) is 0.353. The number of hydrogen-bond acceptors (Lipinski definition) is 5. The molecule has 0 aromatic carbocycles. The maximum atomic E-state index is 11.0. The summed E-state index contributed by atoms with van der Waals surface area (Å²) in [7, 11) is 0. The van der Waals surface area contributed by atoms with E-state index in [9.17, 15) is 4.79 Å². The van der Waals surface area contributed by atoms with Gasteiger partial charge in [0.1, 0.15) is 0 Å². The molecule has 124 valence electrons. The lowest BCUT2D eigenvalue weighted by molar-refractivity contribution is 0.0688. The van der Waals surface area contributed by atoms with Gasteiger partial charge in [-0.3, -0.25) is 14.6 Å². The quantitative estimate of drug-likeness (QED) is 0.789.